The summed E-state index contributed by atoms with van der Waals surface area (Å²) in [6, 6.07) is 17.8. The molecular formula is C27H30N4O5S. The van der Waals surface area contributed by atoms with Gasteiger partial charge in [0.1, 0.15) is 16.3 Å². The second-order valence-corrected chi connectivity index (χ2v) is 11.9. The fourth-order valence-electron chi connectivity index (χ4n) is 4.57. The number of hydrogen-bond acceptors (Lipinski definition) is 8. The van der Waals surface area contributed by atoms with Crippen LogP contribution < -0.4 is 15.0 Å². The molecule has 1 aliphatic carbocycles. The van der Waals surface area contributed by atoms with Crippen molar-refractivity contribution in [2.75, 3.05) is 35.7 Å². The topological polar surface area (TPSA) is 111 Å². The summed E-state index contributed by atoms with van der Waals surface area (Å²) >= 11 is 0. The van der Waals surface area contributed by atoms with E-state index in [4.69, 9.17) is 19.4 Å². The lowest BCUT2D eigenvalue weighted by Crippen LogP contribution is -2.44. The Kier molecular flexibility index (Phi) is 6.87. The zero-order chi connectivity index (χ0) is 26.0. The molecule has 1 amide bonds. The first-order chi connectivity index (χ1) is 17.8. The first-order valence-electron chi connectivity index (χ1n) is 12.4. The van der Waals surface area contributed by atoms with Crippen LogP contribution in [0.25, 0.3) is 11.4 Å². The molecule has 5 rings (SSSR count). The molecule has 1 aromatic heterocycles. The number of hydrogen-bond donors (Lipinski definition) is 1. The molecule has 1 saturated carbocycles. The molecule has 2 aromatic carbocycles. The van der Waals surface area contributed by atoms with Gasteiger partial charge in [-0.3, -0.25) is 5.32 Å². The van der Waals surface area contributed by atoms with Gasteiger partial charge in [0.2, 0.25) is 0 Å². The highest BCUT2D eigenvalue weighted by Gasteiger charge is 2.56. The minimum atomic E-state index is -3.34. The van der Waals surface area contributed by atoms with E-state index < -0.39 is 20.7 Å². The number of anilines is 2. The number of rotatable bonds is 7. The predicted octanol–water partition coefficient (Wildman–Crippen LogP) is 4.40. The molecule has 9 nitrogen and oxygen atoms in total. The number of nitrogens with zero attached hydrogens (tertiary/aromatic N) is 3. The molecule has 194 valence electrons. The molecule has 1 aliphatic heterocycles. The molecule has 0 bridgehead atoms. The van der Waals surface area contributed by atoms with E-state index in [0.717, 1.165) is 5.56 Å². The van der Waals surface area contributed by atoms with Crippen LogP contribution in [-0.2, 0) is 19.3 Å². The van der Waals surface area contributed by atoms with Crippen molar-refractivity contribution in [2.45, 2.75) is 37.5 Å². The minimum absolute atomic E-state index is 0.0646. The van der Waals surface area contributed by atoms with E-state index >= 15 is 0 Å². The van der Waals surface area contributed by atoms with Crippen LogP contribution in [-0.4, -0.2) is 56.0 Å². The number of ether oxygens (including phenoxy) is 2. The van der Waals surface area contributed by atoms with Gasteiger partial charge in [-0.1, -0.05) is 25.1 Å². The predicted molar refractivity (Wildman–Crippen MR) is 142 cm³/mol. The number of para-hydroxylation sites is 1. The fraction of sp³-hybridized carbons (Fsp3) is 0.370. The van der Waals surface area contributed by atoms with Gasteiger partial charge in [0.15, 0.2) is 15.7 Å². The molecule has 1 saturated heterocycles. The average Bonchev–Trinajstić information content (AvgIpc) is 3.73. The zero-order valence-corrected chi connectivity index (χ0v) is 21.7. The summed E-state index contributed by atoms with van der Waals surface area (Å²) in [6.45, 7) is 5.56. The largest absolute Gasteiger partial charge is 0.417 e. The number of sulfone groups is 1. The third kappa shape index (κ3) is 5.17. The molecule has 2 fully saturated rings. The minimum Gasteiger partial charge on any atom is -0.410 e. The van der Waals surface area contributed by atoms with E-state index in [2.05, 4.69) is 17.1 Å². The Morgan fingerprint density at radius 2 is 1.86 bits per heavy atom. The molecule has 3 aromatic rings. The van der Waals surface area contributed by atoms with Gasteiger partial charge in [0.25, 0.3) is 0 Å². The van der Waals surface area contributed by atoms with Gasteiger partial charge < -0.3 is 14.4 Å². The zero-order valence-electron chi connectivity index (χ0n) is 20.9. The Balaban J connectivity index is 1.44. The second-order valence-electron chi connectivity index (χ2n) is 9.35. The van der Waals surface area contributed by atoms with E-state index in [1.807, 2.05) is 12.1 Å². The lowest BCUT2D eigenvalue weighted by molar-refractivity contribution is 0.0985. The van der Waals surface area contributed by atoms with E-state index in [-0.39, 0.29) is 11.8 Å². The maximum Gasteiger partial charge on any atom is 0.417 e. The summed E-state index contributed by atoms with van der Waals surface area (Å²) in [5, 5.41) is 2.71. The summed E-state index contributed by atoms with van der Waals surface area (Å²) < 4.78 is 35.9. The van der Waals surface area contributed by atoms with Crippen molar-refractivity contribution in [3.63, 3.8) is 0 Å². The standard InChI is InChI=1S/C27H30N4O5S/c1-3-37(33,34)27(13-14-27)23-17-24(31-15-16-35-18-19(31)2)30-25(29-23)20-9-11-21(12-10-20)28-26(32)36-22-7-5-4-6-8-22/h4-12,17,19H,3,13-16,18H2,1-2H3,(H,28,32)/t19-/m0/s1. The quantitative estimate of drug-likeness (QED) is 0.486. The van der Waals surface area contributed by atoms with E-state index in [1.165, 1.54) is 0 Å². The Hall–Kier alpha value is -3.50. The third-order valence-electron chi connectivity index (χ3n) is 6.86. The van der Waals surface area contributed by atoms with Gasteiger partial charge in [0.05, 0.1) is 24.9 Å². The highest BCUT2D eigenvalue weighted by atomic mass is 32.2. The highest BCUT2D eigenvalue weighted by Crippen LogP contribution is 2.53. The van der Waals surface area contributed by atoms with Crippen molar-refractivity contribution in [2.24, 2.45) is 0 Å². The van der Waals surface area contributed by atoms with Crippen molar-refractivity contribution in [3.8, 4) is 17.1 Å². The van der Waals surface area contributed by atoms with Gasteiger partial charge in [-0.15, -0.1) is 0 Å². The summed E-state index contributed by atoms with van der Waals surface area (Å²) in [7, 11) is -3.34. The number of carbonyl (C=O) groups excluding carboxylic acids is 1. The van der Waals surface area contributed by atoms with Crippen LogP contribution in [0.4, 0.5) is 16.3 Å². The Labute approximate surface area is 216 Å². The van der Waals surface area contributed by atoms with Crippen molar-refractivity contribution in [1.29, 1.82) is 0 Å². The van der Waals surface area contributed by atoms with Crippen molar-refractivity contribution >= 4 is 27.4 Å². The third-order valence-corrected chi connectivity index (χ3v) is 9.43. The molecule has 37 heavy (non-hydrogen) atoms. The first kappa shape index (κ1) is 25.2. The normalized spacial score (nSPS) is 18.8. The van der Waals surface area contributed by atoms with E-state index in [0.29, 0.717) is 61.4 Å². The Morgan fingerprint density at radius 1 is 1.14 bits per heavy atom. The van der Waals surface area contributed by atoms with Crippen LogP contribution in [0.3, 0.4) is 0 Å². The molecule has 1 atom stereocenters. The Bertz CT molecular complexity index is 1380. The molecule has 1 N–H and O–H groups in total. The lowest BCUT2D eigenvalue weighted by atomic mass is 10.1. The number of aromatic nitrogens is 2. The van der Waals surface area contributed by atoms with Gasteiger partial charge >= 0.3 is 6.09 Å². The molecule has 2 heterocycles. The second kappa shape index (κ2) is 10.1. The molecule has 0 unspecified atom stereocenters. The van der Waals surface area contributed by atoms with Crippen molar-refractivity contribution in [1.82, 2.24) is 9.97 Å². The molecule has 0 spiro atoms. The van der Waals surface area contributed by atoms with E-state index in [9.17, 15) is 13.2 Å². The van der Waals surface area contributed by atoms with Gasteiger partial charge in [-0.2, -0.15) is 0 Å². The number of benzene rings is 2. The van der Waals surface area contributed by atoms with Crippen LogP contribution in [0.15, 0.2) is 60.7 Å². The van der Waals surface area contributed by atoms with Crippen LogP contribution in [0.5, 0.6) is 5.75 Å². The fourth-order valence-corrected chi connectivity index (χ4v) is 6.27. The smallest absolute Gasteiger partial charge is 0.410 e. The lowest BCUT2D eigenvalue weighted by Gasteiger charge is -2.34. The van der Waals surface area contributed by atoms with Crippen LogP contribution in [0, 0.1) is 0 Å². The number of amides is 1. The SMILES string of the molecule is CCS(=O)(=O)C1(c2cc(N3CCOC[C@@H]3C)nc(-c3ccc(NC(=O)Oc4ccccc4)cc3)n2)CC1. The summed E-state index contributed by atoms with van der Waals surface area (Å²) in [4.78, 5) is 24.0. The molecule has 0 radical (unpaired) electrons. The number of morpholine rings is 1. The molecular weight excluding hydrogens is 492 g/mol. The maximum atomic E-state index is 13.0. The maximum absolute atomic E-state index is 13.0. The van der Waals surface area contributed by atoms with Gasteiger partial charge in [-0.05, 0) is 56.2 Å². The summed E-state index contributed by atoms with van der Waals surface area (Å²) in [5.41, 5.74) is 1.81. The summed E-state index contributed by atoms with van der Waals surface area (Å²) in [6.07, 6.45) is 0.523. The summed E-state index contributed by atoms with van der Waals surface area (Å²) in [5.74, 6) is 1.65. The van der Waals surface area contributed by atoms with Crippen molar-refractivity contribution < 1.29 is 22.7 Å². The Morgan fingerprint density at radius 3 is 2.51 bits per heavy atom. The van der Waals surface area contributed by atoms with Gasteiger partial charge in [0, 0.05) is 29.6 Å². The average molecular weight is 523 g/mol. The monoisotopic (exact) mass is 522 g/mol. The number of nitrogens with one attached hydrogen (secondary N) is 1. The van der Waals surface area contributed by atoms with Crippen LogP contribution in [0.1, 0.15) is 32.4 Å². The molecule has 2 aliphatic rings. The van der Waals surface area contributed by atoms with E-state index in [1.54, 1.807) is 55.5 Å². The van der Waals surface area contributed by atoms with Crippen LogP contribution >= 0.6 is 0 Å². The van der Waals surface area contributed by atoms with Crippen molar-refractivity contribution in [3.05, 3.63) is 66.4 Å². The number of carbonyl (C=O) groups is 1. The highest BCUT2D eigenvalue weighted by molar-refractivity contribution is 7.92. The molecule has 10 heteroatoms. The van der Waals surface area contributed by atoms with Gasteiger partial charge in [-0.25, -0.2) is 23.2 Å². The van der Waals surface area contributed by atoms with Crippen LogP contribution in [0.2, 0.25) is 0 Å². The first-order valence-corrected chi connectivity index (χ1v) is 14.1.